The van der Waals surface area contributed by atoms with E-state index in [1.807, 2.05) is 18.2 Å². The predicted molar refractivity (Wildman–Crippen MR) is 138 cm³/mol. The third-order valence-corrected chi connectivity index (χ3v) is 7.98. The van der Waals surface area contributed by atoms with E-state index in [-0.39, 0.29) is 10.6 Å². The molecule has 1 fully saturated rings. The second-order valence-electron chi connectivity index (χ2n) is 8.61. The molecule has 12 heteroatoms. The number of aromatic amines is 1. The average molecular weight is 579 g/mol. The molecule has 1 amide bonds. The third-order valence-electron chi connectivity index (χ3n) is 5.97. The molecule has 0 radical (unpaired) electrons. The van der Waals surface area contributed by atoms with Crippen LogP contribution >= 0.6 is 15.9 Å². The maximum Gasteiger partial charge on any atom is 0.323 e. The Kier molecular flexibility index (Phi) is 8.29. The van der Waals surface area contributed by atoms with Crippen molar-refractivity contribution in [2.45, 2.75) is 23.8 Å². The van der Waals surface area contributed by atoms with Crippen LogP contribution in [0, 0.1) is 5.92 Å². The monoisotopic (exact) mass is 578 g/mol. The minimum atomic E-state index is -4.10. The summed E-state index contributed by atoms with van der Waals surface area (Å²) in [5.74, 6) is -0.751. The van der Waals surface area contributed by atoms with Crippen LogP contribution in [0.15, 0.2) is 57.9 Å². The van der Waals surface area contributed by atoms with Crippen molar-refractivity contribution in [1.82, 2.24) is 20.3 Å². The van der Waals surface area contributed by atoms with Crippen LogP contribution in [0.2, 0.25) is 0 Å². The van der Waals surface area contributed by atoms with E-state index in [1.165, 1.54) is 24.3 Å². The zero-order chi connectivity index (χ0) is 25.7. The highest BCUT2D eigenvalue weighted by Crippen LogP contribution is 2.23. The number of piperidine rings is 1. The quantitative estimate of drug-likeness (QED) is 0.248. The molecule has 1 aromatic heterocycles. The Hall–Kier alpha value is -2.93. The third kappa shape index (κ3) is 6.64. The molecule has 10 nitrogen and oxygen atoms in total. The minimum Gasteiger partial charge on any atom is -0.493 e. The molecule has 2 heterocycles. The molecule has 0 bridgehead atoms. The summed E-state index contributed by atoms with van der Waals surface area (Å²) in [5.41, 5.74) is 0.945. The van der Waals surface area contributed by atoms with Gasteiger partial charge in [0.2, 0.25) is 10.0 Å². The van der Waals surface area contributed by atoms with Crippen molar-refractivity contribution in [3.05, 3.63) is 58.7 Å². The maximum absolute atomic E-state index is 12.7. The Labute approximate surface area is 217 Å². The lowest BCUT2D eigenvalue weighted by molar-refractivity contribution is -0.138. The highest BCUT2D eigenvalue weighted by Gasteiger charge is 2.26. The number of benzene rings is 2. The predicted octanol–water partition coefficient (Wildman–Crippen LogP) is 2.47. The topological polar surface area (TPSA) is 150 Å². The second kappa shape index (κ2) is 11.4. The van der Waals surface area contributed by atoms with E-state index in [4.69, 9.17) is 4.74 Å². The molecule has 1 aliphatic heterocycles. The van der Waals surface area contributed by atoms with Crippen molar-refractivity contribution in [3.63, 3.8) is 0 Å². The van der Waals surface area contributed by atoms with Crippen LogP contribution in [0.5, 0.6) is 5.75 Å². The molecule has 192 valence electrons. The first-order valence-corrected chi connectivity index (χ1v) is 13.7. The molecule has 0 saturated carbocycles. The van der Waals surface area contributed by atoms with Gasteiger partial charge < -0.3 is 25.5 Å². The molecule has 1 atom stereocenters. The number of rotatable bonds is 10. The number of carbonyl (C=O) groups is 2. The molecule has 5 N–H and O–H groups in total. The van der Waals surface area contributed by atoms with Crippen molar-refractivity contribution in [2.75, 3.05) is 26.2 Å². The number of carbonyl (C=O) groups excluding carboxylic acids is 1. The van der Waals surface area contributed by atoms with Crippen LogP contribution < -0.4 is 20.1 Å². The van der Waals surface area contributed by atoms with Gasteiger partial charge in [-0.05, 0) is 80.4 Å². The number of sulfonamides is 1. The van der Waals surface area contributed by atoms with Crippen LogP contribution in [0.1, 0.15) is 23.3 Å². The highest BCUT2D eigenvalue weighted by atomic mass is 79.9. The van der Waals surface area contributed by atoms with Gasteiger partial charge in [-0.25, -0.2) is 8.42 Å². The second-order valence-corrected chi connectivity index (χ2v) is 11.2. The minimum absolute atomic E-state index is 0.0860. The van der Waals surface area contributed by atoms with Crippen molar-refractivity contribution >= 4 is 48.7 Å². The Bertz CT molecular complexity index is 1340. The van der Waals surface area contributed by atoms with Gasteiger partial charge in [0, 0.05) is 21.9 Å². The number of nitrogens with one attached hydrogen (secondary N) is 4. The number of halogens is 1. The summed E-state index contributed by atoms with van der Waals surface area (Å²) in [7, 11) is -4.10. The van der Waals surface area contributed by atoms with Crippen molar-refractivity contribution < 1.29 is 27.9 Å². The fraction of sp³-hybridized carbons (Fsp3) is 0.333. The molecule has 0 unspecified atom stereocenters. The van der Waals surface area contributed by atoms with E-state index < -0.39 is 34.5 Å². The van der Waals surface area contributed by atoms with E-state index in [0.717, 1.165) is 36.8 Å². The SMILES string of the molecule is O=C(NC[C@H](NS(=O)(=O)c1ccc(Br)cc1)C(=O)O)c1cc2cc(OCC3CCNCC3)ccc2[nH]1. The summed E-state index contributed by atoms with van der Waals surface area (Å²) in [6, 6.07) is 11.3. The Morgan fingerprint density at radius 3 is 2.53 bits per heavy atom. The largest absolute Gasteiger partial charge is 0.493 e. The molecule has 3 aromatic rings. The van der Waals surface area contributed by atoms with Crippen LogP contribution in [0.3, 0.4) is 0 Å². The normalized spacial score (nSPS) is 15.5. The summed E-state index contributed by atoms with van der Waals surface area (Å²) < 4.78 is 33.9. The van der Waals surface area contributed by atoms with Gasteiger partial charge in [-0.15, -0.1) is 0 Å². The first kappa shape index (κ1) is 26.1. The number of carboxylic acid groups (broad SMARTS) is 1. The summed E-state index contributed by atoms with van der Waals surface area (Å²) in [5, 5.41) is 16.1. The fourth-order valence-electron chi connectivity index (χ4n) is 3.92. The number of aromatic nitrogens is 1. The molecular formula is C24H27BrN4O6S. The van der Waals surface area contributed by atoms with Gasteiger partial charge in [-0.2, -0.15) is 4.72 Å². The van der Waals surface area contributed by atoms with Crippen molar-refractivity contribution in [1.29, 1.82) is 0 Å². The number of amides is 1. The van der Waals surface area contributed by atoms with Gasteiger partial charge >= 0.3 is 5.97 Å². The Balaban J connectivity index is 1.37. The van der Waals surface area contributed by atoms with E-state index in [9.17, 15) is 23.1 Å². The zero-order valence-corrected chi connectivity index (χ0v) is 21.7. The molecule has 0 aliphatic carbocycles. The summed E-state index contributed by atoms with van der Waals surface area (Å²) in [6.45, 7) is 2.19. The molecule has 4 rings (SSSR count). The number of carboxylic acids is 1. The van der Waals surface area contributed by atoms with Gasteiger partial charge in [0.1, 0.15) is 17.5 Å². The molecule has 0 spiro atoms. The molecule has 1 aliphatic rings. The number of fused-ring (bicyclic) bond motifs is 1. The average Bonchev–Trinajstić information content (AvgIpc) is 3.29. The standard InChI is InChI=1S/C24H27BrN4O6S/c25-17-1-4-19(5-2-17)36(33,34)29-22(24(31)32)13-27-23(30)21-12-16-11-18(3-6-20(16)28-21)35-14-15-7-9-26-10-8-15/h1-6,11-12,15,22,26,28-29H,7-10,13-14H2,(H,27,30)(H,31,32)/t22-/m0/s1. The lowest BCUT2D eigenvalue weighted by Gasteiger charge is -2.22. The highest BCUT2D eigenvalue weighted by molar-refractivity contribution is 9.10. The molecular weight excluding hydrogens is 552 g/mol. The zero-order valence-electron chi connectivity index (χ0n) is 19.3. The van der Waals surface area contributed by atoms with Gasteiger partial charge in [-0.3, -0.25) is 9.59 Å². The number of hydrogen-bond donors (Lipinski definition) is 5. The molecule has 2 aromatic carbocycles. The Morgan fingerprint density at radius 1 is 1.11 bits per heavy atom. The van der Waals surface area contributed by atoms with E-state index in [2.05, 4.69) is 36.3 Å². The first-order chi connectivity index (χ1) is 17.2. The van der Waals surface area contributed by atoms with E-state index >= 15 is 0 Å². The lowest BCUT2D eigenvalue weighted by Crippen LogP contribution is -2.48. The van der Waals surface area contributed by atoms with Gasteiger partial charge in [0.25, 0.3) is 5.91 Å². The van der Waals surface area contributed by atoms with Crippen LogP contribution in [0.25, 0.3) is 10.9 Å². The van der Waals surface area contributed by atoms with Crippen molar-refractivity contribution in [3.8, 4) is 5.75 Å². The van der Waals surface area contributed by atoms with Crippen molar-refractivity contribution in [2.24, 2.45) is 5.92 Å². The van der Waals surface area contributed by atoms with Crippen LogP contribution in [0.4, 0.5) is 0 Å². The van der Waals surface area contributed by atoms with Crippen LogP contribution in [-0.2, 0) is 14.8 Å². The fourth-order valence-corrected chi connectivity index (χ4v) is 5.38. The number of H-pyrrole nitrogens is 1. The lowest BCUT2D eigenvalue weighted by atomic mass is 9.99. The molecule has 36 heavy (non-hydrogen) atoms. The summed E-state index contributed by atoms with van der Waals surface area (Å²) in [4.78, 5) is 27.2. The van der Waals surface area contributed by atoms with Gasteiger partial charge in [0.15, 0.2) is 0 Å². The summed E-state index contributed by atoms with van der Waals surface area (Å²) in [6.07, 6.45) is 2.15. The van der Waals surface area contributed by atoms with E-state index in [0.29, 0.717) is 22.7 Å². The number of hydrogen-bond acceptors (Lipinski definition) is 6. The van der Waals surface area contributed by atoms with Crippen LogP contribution in [-0.4, -0.2) is 62.7 Å². The van der Waals surface area contributed by atoms with Gasteiger partial charge in [0.05, 0.1) is 11.5 Å². The van der Waals surface area contributed by atoms with Gasteiger partial charge in [-0.1, -0.05) is 15.9 Å². The first-order valence-electron chi connectivity index (χ1n) is 11.5. The van der Waals surface area contributed by atoms with E-state index in [1.54, 1.807) is 6.07 Å². The Morgan fingerprint density at radius 2 is 1.83 bits per heavy atom. The molecule has 1 saturated heterocycles. The maximum atomic E-state index is 12.7. The number of ether oxygens (including phenoxy) is 1. The smallest absolute Gasteiger partial charge is 0.323 e. The number of aliphatic carboxylic acids is 1. The summed E-state index contributed by atoms with van der Waals surface area (Å²) >= 11 is 3.22.